The van der Waals surface area contributed by atoms with Crippen LogP contribution in [0.2, 0.25) is 0 Å². The highest BCUT2D eigenvalue weighted by molar-refractivity contribution is 5.04. The van der Waals surface area contributed by atoms with Crippen molar-refractivity contribution >= 4 is 0 Å². The van der Waals surface area contributed by atoms with Crippen LogP contribution >= 0.6 is 0 Å². The Hall–Kier alpha value is -1.09. The van der Waals surface area contributed by atoms with Gasteiger partial charge in [0.25, 0.3) is 0 Å². The lowest BCUT2D eigenvalue weighted by molar-refractivity contribution is -0.0697. The Bertz CT molecular complexity index is 362. The molecule has 0 unspecified atom stereocenters. The first-order valence-electron chi connectivity index (χ1n) is 9.50. The van der Waals surface area contributed by atoms with E-state index < -0.39 is 6.18 Å². The molecule has 0 N–H and O–H groups in total. The maximum Gasteiger partial charge on any atom is 0.457 e. The van der Waals surface area contributed by atoms with Crippen molar-refractivity contribution in [3.05, 3.63) is 4.91 Å². The topological polar surface area (TPSA) is 38.7 Å². The van der Waals surface area contributed by atoms with Crippen LogP contribution in [0, 0.1) is 16.7 Å². The molecule has 25 heavy (non-hydrogen) atoms. The predicted molar refractivity (Wildman–Crippen MR) is 95.3 cm³/mol. The highest BCUT2D eigenvalue weighted by atomic mass is 19.4. The van der Waals surface area contributed by atoms with Gasteiger partial charge in [-0.1, -0.05) is 68.9 Å². The van der Waals surface area contributed by atoms with Crippen LogP contribution in [0.5, 0.6) is 0 Å². The number of hydrogen-bond donors (Lipinski definition) is 0. The van der Waals surface area contributed by atoms with E-state index in [2.05, 4.69) is 11.1 Å². The molecule has 0 atom stereocenters. The zero-order valence-electron chi connectivity index (χ0n) is 15.2. The summed E-state index contributed by atoms with van der Waals surface area (Å²) in [4.78, 5) is 9.86. The third-order valence-corrected chi connectivity index (χ3v) is 3.86. The minimum atomic E-state index is -4.35. The van der Waals surface area contributed by atoms with Crippen LogP contribution in [0.15, 0.2) is 5.18 Å². The summed E-state index contributed by atoms with van der Waals surface area (Å²) in [5, 5.41) is 2.78. The normalized spacial score (nSPS) is 11.2. The number of nitrogens with zero attached hydrogens (tertiary/aromatic N) is 1. The Labute approximate surface area is 150 Å². The molecule has 0 amide bonds. The van der Waals surface area contributed by atoms with Crippen molar-refractivity contribution in [1.29, 1.82) is 0 Å². The van der Waals surface area contributed by atoms with Crippen molar-refractivity contribution in [1.82, 2.24) is 0 Å². The van der Waals surface area contributed by atoms with Gasteiger partial charge in [-0.15, -0.1) is 0 Å². The average molecular weight is 363 g/mol. The van der Waals surface area contributed by atoms with Crippen LogP contribution in [0.25, 0.3) is 0 Å². The zero-order chi connectivity index (χ0) is 18.6. The van der Waals surface area contributed by atoms with E-state index in [4.69, 9.17) is 4.74 Å². The Morgan fingerprint density at radius 3 is 1.72 bits per heavy atom. The van der Waals surface area contributed by atoms with Gasteiger partial charge >= 0.3 is 6.18 Å². The molecule has 0 spiro atoms. The summed E-state index contributed by atoms with van der Waals surface area (Å²) in [6.45, 7) is 1.74. The van der Waals surface area contributed by atoms with Crippen molar-refractivity contribution in [2.24, 2.45) is 5.18 Å². The van der Waals surface area contributed by atoms with E-state index >= 15 is 0 Å². The fraction of sp³-hybridized carbons (Fsp3) is 0.895. The number of halogens is 3. The number of rotatable bonds is 17. The summed E-state index contributed by atoms with van der Waals surface area (Å²) in [5.74, 6) is 3.48. The maximum absolute atomic E-state index is 11.8. The third-order valence-electron chi connectivity index (χ3n) is 3.86. The van der Waals surface area contributed by atoms with Crippen molar-refractivity contribution in [3.8, 4) is 11.8 Å². The largest absolute Gasteiger partial charge is 0.457 e. The SMILES string of the molecule is O=NCCCOCCCCCCCCCCCCCC#CC(F)(F)F. The van der Waals surface area contributed by atoms with Crippen molar-refractivity contribution < 1.29 is 17.9 Å². The van der Waals surface area contributed by atoms with E-state index in [1.54, 1.807) is 0 Å². The average Bonchev–Trinajstić information content (AvgIpc) is 2.56. The Kier molecular flexibility index (Phi) is 17.0. The van der Waals surface area contributed by atoms with Crippen molar-refractivity contribution in [2.75, 3.05) is 19.8 Å². The summed E-state index contributed by atoms with van der Waals surface area (Å²) in [5.41, 5.74) is 0. The molecule has 0 bridgehead atoms. The summed E-state index contributed by atoms with van der Waals surface area (Å²) in [7, 11) is 0. The van der Waals surface area contributed by atoms with Gasteiger partial charge in [-0.2, -0.15) is 18.1 Å². The molecular weight excluding hydrogens is 331 g/mol. The monoisotopic (exact) mass is 363 g/mol. The van der Waals surface area contributed by atoms with Crippen LogP contribution in [-0.4, -0.2) is 25.9 Å². The molecule has 0 fully saturated rings. The van der Waals surface area contributed by atoms with E-state index in [0.29, 0.717) is 26.0 Å². The minimum Gasteiger partial charge on any atom is -0.381 e. The standard InChI is InChI=1S/C19H32F3NO2/c20-19(21,22)15-12-10-8-6-4-2-1-3-5-7-9-11-13-17-25-18-14-16-23-24/h1-11,13-14,16-18H2. The second-order valence-corrected chi connectivity index (χ2v) is 6.26. The molecule has 0 aromatic carbocycles. The first kappa shape index (κ1) is 23.9. The first-order chi connectivity index (χ1) is 12.1. The fourth-order valence-corrected chi connectivity index (χ4v) is 2.50. The van der Waals surface area contributed by atoms with Gasteiger partial charge in [-0.3, -0.25) is 0 Å². The molecule has 0 radical (unpaired) electrons. The van der Waals surface area contributed by atoms with Gasteiger partial charge in [0.05, 0.1) is 6.54 Å². The number of unbranched alkanes of at least 4 members (excludes halogenated alkanes) is 11. The van der Waals surface area contributed by atoms with E-state index in [1.165, 1.54) is 44.4 Å². The van der Waals surface area contributed by atoms with Crippen LogP contribution in [0.1, 0.15) is 83.5 Å². The lowest BCUT2D eigenvalue weighted by Crippen LogP contribution is -2.01. The first-order valence-corrected chi connectivity index (χ1v) is 9.50. The quantitative estimate of drug-likeness (QED) is 0.170. The molecule has 0 heterocycles. The second-order valence-electron chi connectivity index (χ2n) is 6.26. The van der Waals surface area contributed by atoms with Gasteiger partial charge in [0.15, 0.2) is 0 Å². The Morgan fingerprint density at radius 1 is 0.720 bits per heavy atom. The summed E-state index contributed by atoms with van der Waals surface area (Å²) >= 11 is 0. The molecule has 3 nitrogen and oxygen atoms in total. The fourth-order valence-electron chi connectivity index (χ4n) is 2.50. The molecule has 0 rings (SSSR count). The van der Waals surface area contributed by atoms with Crippen LogP contribution in [0.3, 0.4) is 0 Å². The van der Waals surface area contributed by atoms with Crippen LogP contribution in [-0.2, 0) is 4.74 Å². The Morgan fingerprint density at radius 2 is 1.20 bits per heavy atom. The van der Waals surface area contributed by atoms with E-state index in [0.717, 1.165) is 38.7 Å². The molecule has 6 heteroatoms. The lowest BCUT2D eigenvalue weighted by atomic mass is 10.1. The van der Waals surface area contributed by atoms with Gasteiger partial charge in [0.1, 0.15) is 0 Å². The van der Waals surface area contributed by atoms with Gasteiger partial charge in [-0.25, -0.2) is 0 Å². The summed E-state index contributed by atoms with van der Waals surface area (Å²) in [6.07, 6.45) is 9.14. The minimum absolute atomic E-state index is 0.339. The number of hydrogen-bond acceptors (Lipinski definition) is 3. The second kappa shape index (κ2) is 17.7. The van der Waals surface area contributed by atoms with Crippen molar-refractivity contribution in [3.63, 3.8) is 0 Å². The molecule has 146 valence electrons. The molecule has 0 aliphatic carbocycles. The molecule has 0 aromatic heterocycles. The van der Waals surface area contributed by atoms with Gasteiger partial charge in [0, 0.05) is 25.6 Å². The molecule has 0 aromatic rings. The highest BCUT2D eigenvalue weighted by Gasteiger charge is 2.22. The Balaban J connectivity index is 3.09. The zero-order valence-corrected chi connectivity index (χ0v) is 15.2. The highest BCUT2D eigenvalue weighted by Crippen LogP contribution is 2.13. The predicted octanol–water partition coefficient (Wildman–Crippen LogP) is 6.41. The third kappa shape index (κ3) is 22.9. The smallest absolute Gasteiger partial charge is 0.381 e. The molecule has 0 saturated carbocycles. The molecule has 0 saturated heterocycles. The van der Waals surface area contributed by atoms with Crippen molar-refractivity contribution in [2.45, 2.75) is 89.6 Å². The molecular formula is C19H32F3NO2. The van der Waals surface area contributed by atoms with Gasteiger partial charge in [-0.05, 0) is 19.3 Å². The van der Waals surface area contributed by atoms with Crippen LogP contribution in [0.4, 0.5) is 13.2 Å². The van der Waals surface area contributed by atoms with E-state index in [1.807, 2.05) is 0 Å². The number of ether oxygens (including phenoxy) is 1. The maximum atomic E-state index is 11.8. The molecule has 0 aliphatic heterocycles. The van der Waals surface area contributed by atoms with E-state index in [9.17, 15) is 18.1 Å². The number of nitroso groups, excluding NO2 is 1. The summed E-state index contributed by atoms with van der Waals surface area (Å²) in [6, 6.07) is 0. The van der Waals surface area contributed by atoms with E-state index in [-0.39, 0.29) is 0 Å². The lowest BCUT2D eigenvalue weighted by Gasteiger charge is -2.04. The van der Waals surface area contributed by atoms with Gasteiger partial charge < -0.3 is 4.74 Å². The van der Waals surface area contributed by atoms with Crippen LogP contribution < -0.4 is 0 Å². The molecule has 0 aliphatic rings. The summed E-state index contributed by atoms with van der Waals surface area (Å²) < 4.78 is 40.8. The van der Waals surface area contributed by atoms with Gasteiger partial charge in [0.2, 0.25) is 0 Å². The number of alkyl halides is 3.